The highest BCUT2D eigenvalue weighted by Gasteiger charge is 2.60. The van der Waals surface area contributed by atoms with Crippen molar-refractivity contribution in [3.8, 4) is 0 Å². The van der Waals surface area contributed by atoms with Crippen molar-refractivity contribution in [2.75, 3.05) is 11.4 Å². The van der Waals surface area contributed by atoms with Crippen molar-refractivity contribution in [2.45, 2.75) is 18.5 Å². The van der Waals surface area contributed by atoms with E-state index in [0.717, 1.165) is 17.6 Å². The van der Waals surface area contributed by atoms with Crippen LogP contribution in [-0.2, 0) is 5.41 Å². The van der Waals surface area contributed by atoms with E-state index in [2.05, 4.69) is 26.0 Å². The lowest BCUT2D eigenvalue weighted by molar-refractivity contribution is -0.181. The van der Waals surface area contributed by atoms with E-state index < -0.39 is 24.2 Å². The quantitative estimate of drug-likeness (QED) is 0.780. The lowest BCUT2D eigenvalue weighted by Gasteiger charge is -2.27. The second kappa shape index (κ2) is 4.09. The van der Waals surface area contributed by atoms with Gasteiger partial charge in [-0.2, -0.15) is 18.3 Å². The summed E-state index contributed by atoms with van der Waals surface area (Å²) in [7, 11) is 0. The summed E-state index contributed by atoms with van der Waals surface area (Å²) in [5.74, 6) is 0. The number of carbonyl (C=O) groups is 1. The van der Waals surface area contributed by atoms with Gasteiger partial charge in [0.2, 0.25) is 0 Å². The van der Waals surface area contributed by atoms with Crippen LogP contribution in [0.5, 0.6) is 0 Å². The summed E-state index contributed by atoms with van der Waals surface area (Å²) < 4.78 is 41.9. The average Bonchev–Trinajstić information content (AvgIpc) is 2.86. The van der Waals surface area contributed by atoms with E-state index in [9.17, 15) is 18.0 Å². The Bertz CT molecular complexity index is 760. The third-order valence-corrected chi connectivity index (χ3v) is 3.97. The molecular weight excluding hydrogens is 357 g/mol. The van der Waals surface area contributed by atoms with Gasteiger partial charge in [0.1, 0.15) is 10.0 Å². The van der Waals surface area contributed by atoms with E-state index in [1.807, 2.05) is 0 Å². The first-order chi connectivity index (χ1) is 9.65. The maximum absolute atomic E-state index is 13.5. The van der Waals surface area contributed by atoms with Gasteiger partial charge in [-0.05, 0) is 22.9 Å². The summed E-state index contributed by atoms with van der Waals surface area (Å²) >= 11 is 3.08. The average molecular weight is 365 g/mol. The number of hydrogen-bond donors (Lipinski definition) is 1. The molecule has 21 heavy (non-hydrogen) atoms. The van der Waals surface area contributed by atoms with Gasteiger partial charge in [0.15, 0.2) is 5.65 Å². The topological polar surface area (TPSA) is 70.7 Å². The van der Waals surface area contributed by atoms with Crippen LogP contribution < -0.4 is 4.90 Å². The molecule has 1 amide bonds. The third kappa shape index (κ3) is 1.81. The minimum Gasteiger partial charge on any atom is -0.465 e. The van der Waals surface area contributed by atoms with Gasteiger partial charge >= 0.3 is 12.3 Å². The van der Waals surface area contributed by atoms with Crippen molar-refractivity contribution in [3.05, 3.63) is 22.6 Å². The fourth-order valence-corrected chi connectivity index (χ4v) is 2.84. The largest absolute Gasteiger partial charge is 0.465 e. The van der Waals surface area contributed by atoms with Crippen LogP contribution in [0, 0.1) is 0 Å². The summed E-state index contributed by atoms with van der Waals surface area (Å²) in [5, 5.41) is 13.1. The molecule has 1 unspecified atom stereocenters. The second-order valence-corrected chi connectivity index (χ2v) is 5.74. The molecule has 0 aromatic carbocycles. The van der Waals surface area contributed by atoms with Gasteiger partial charge in [0.05, 0.1) is 17.6 Å². The molecule has 0 fully saturated rings. The SMILES string of the molecule is CC1(C(F)(F)F)CN(C(=O)O)c2cnc3cc(Br)nn3c21. The first kappa shape index (κ1) is 14.1. The molecule has 2 aromatic heterocycles. The smallest absolute Gasteiger partial charge is 0.411 e. The molecule has 1 aliphatic heterocycles. The number of rotatable bonds is 0. The molecule has 112 valence electrons. The lowest BCUT2D eigenvalue weighted by atomic mass is 9.88. The Morgan fingerprint density at radius 3 is 2.76 bits per heavy atom. The van der Waals surface area contributed by atoms with Crippen LogP contribution in [0.3, 0.4) is 0 Å². The van der Waals surface area contributed by atoms with Crippen molar-refractivity contribution in [1.82, 2.24) is 14.6 Å². The molecule has 0 spiro atoms. The van der Waals surface area contributed by atoms with Crippen LogP contribution in [0.4, 0.5) is 23.7 Å². The van der Waals surface area contributed by atoms with Crippen molar-refractivity contribution in [1.29, 1.82) is 0 Å². The summed E-state index contributed by atoms with van der Waals surface area (Å²) in [6.45, 7) is 0.239. The molecule has 3 heterocycles. The molecule has 0 bridgehead atoms. The van der Waals surface area contributed by atoms with Crippen LogP contribution in [0.25, 0.3) is 5.65 Å². The highest BCUT2D eigenvalue weighted by Crippen LogP contribution is 2.49. The predicted molar refractivity (Wildman–Crippen MR) is 69.5 cm³/mol. The van der Waals surface area contributed by atoms with Crippen molar-refractivity contribution >= 4 is 33.4 Å². The molecule has 1 atom stereocenters. The van der Waals surface area contributed by atoms with Gasteiger partial charge in [-0.25, -0.2) is 14.3 Å². The number of hydrogen-bond acceptors (Lipinski definition) is 3. The normalized spacial score (nSPS) is 21.9. The van der Waals surface area contributed by atoms with Gasteiger partial charge in [-0.15, -0.1) is 0 Å². The number of aromatic nitrogens is 3. The third-order valence-electron chi connectivity index (χ3n) is 3.58. The number of carboxylic acid groups (broad SMARTS) is 1. The zero-order chi connectivity index (χ0) is 15.6. The van der Waals surface area contributed by atoms with Gasteiger partial charge < -0.3 is 5.11 Å². The monoisotopic (exact) mass is 364 g/mol. The maximum Gasteiger partial charge on any atom is 0.411 e. The standard InChI is InChI=1S/C11H8BrF3N4O2/c1-10(11(13,14)15)4-18(9(20)21)5-3-16-7-2-6(12)17-19(7)8(5)10/h2-3H,4H2,1H3,(H,20,21). The highest BCUT2D eigenvalue weighted by atomic mass is 79.9. The molecule has 0 saturated heterocycles. The summed E-state index contributed by atoms with van der Waals surface area (Å²) in [6, 6.07) is 1.46. The van der Waals surface area contributed by atoms with Crippen molar-refractivity contribution in [2.24, 2.45) is 0 Å². The van der Waals surface area contributed by atoms with Gasteiger partial charge in [-0.3, -0.25) is 4.90 Å². The fourth-order valence-electron chi connectivity index (χ4n) is 2.48. The molecule has 10 heteroatoms. The highest BCUT2D eigenvalue weighted by molar-refractivity contribution is 9.10. The maximum atomic E-state index is 13.5. The molecule has 1 N–H and O–H groups in total. The van der Waals surface area contributed by atoms with Gasteiger partial charge in [-0.1, -0.05) is 0 Å². The number of anilines is 1. The van der Waals surface area contributed by atoms with E-state index in [1.165, 1.54) is 6.07 Å². The Labute approximate surface area is 124 Å². The van der Waals surface area contributed by atoms with E-state index in [-0.39, 0.29) is 17.0 Å². The Hall–Kier alpha value is -1.84. The Morgan fingerprint density at radius 2 is 2.19 bits per heavy atom. The minimum absolute atomic E-state index is 0.106. The molecule has 0 radical (unpaired) electrons. The molecule has 0 aliphatic carbocycles. The van der Waals surface area contributed by atoms with Crippen LogP contribution in [0.15, 0.2) is 16.9 Å². The molecule has 6 nitrogen and oxygen atoms in total. The van der Waals surface area contributed by atoms with Crippen LogP contribution in [-0.4, -0.2) is 38.5 Å². The van der Waals surface area contributed by atoms with E-state index >= 15 is 0 Å². The van der Waals surface area contributed by atoms with E-state index in [0.29, 0.717) is 9.50 Å². The minimum atomic E-state index is -4.63. The molecule has 0 saturated carbocycles. The van der Waals surface area contributed by atoms with Crippen LogP contribution >= 0.6 is 15.9 Å². The molecule has 1 aliphatic rings. The van der Waals surface area contributed by atoms with Gasteiger partial charge in [0.25, 0.3) is 0 Å². The zero-order valence-electron chi connectivity index (χ0n) is 10.5. The van der Waals surface area contributed by atoms with Crippen LogP contribution in [0.1, 0.15) is 12.6 Å². The summed E-state index contributed by atoms with van der Waals surface area (Å²) in [5.41, 5.74) is -2.48. The number of alkyl halides is 3. The Morgan fingerprint density at radius 1 is 1.52 bits per heavy atom. The molecule has 2 aromatic rings. The predicted octanol–water partition coefficient (Wildman–Crippen LogP) is 2.81. The van der Waals surface area contributed by atoms with Crippen molar-refractivity contribution in [3.63, 3.8) is 0 Å². The van der Waals surface area contributed by atoms with E-state index in [4.69, 9.17) is 5.11 Å². The van der Waals surface area contributed by atoms with Crippen LogP contribution in [0.2, 0.25) is 0 Å². The molecule has 3 rings (SSSR count). The number of nitrogens with zero attached hydrogens (tertiary/aromatic N) is 4. The second-order valence-electron chi connectivity index (χ2n) is 4.93. The number of halogens is 4. The lowest BCUT2D eigenvalue weighted by Crippen LogP contribution is -2.45. The Kier molecular flexibility index (Phi) is 2.75. The zero-order valence-corrected chi connectivity index (χ0v) is 12.1. The van der Waals surface area contributed by atoms with E-state index in [1.54, 1.807) is 0 Å². The van der Waals surface area contributed by atoms with Crippen molar-refractivity contribution < 1.29 is 23.1 Å². The molecular formula is C11H8BrF3N4O2. The fraction of sp³-hybridized carbons (Fsp3) is 0.364. The Balaban J connectivity index is 2.38. The first-order valence-electron chi connectivity index (χ1n) is 5.77. The first-order valence-corrected chi connectivity index (χ1v) is 6.56. The number of amides is 1. The number of fused-ring (bicyclic) bond motifs is 3. The summed E-state index contributed by atoms with van der Waals surface area (Å²) in [6.07, 6.45) is -4.96. The van der Waals surface area contributed by atoms with Gasteiger partial charge in [0, 0.05) is 12.6 Å². The summed E-state index contributed by atoms with van der Waals surface area (Å²) in [4.78, 5) is 15.8.